The van der Waals surface area contributed by atoms with Crippen LogP contribution in [-0.4, -0.2) is 10.9 Å². The molecule has 0 aromatic carbocycles. The summed E-state index contributed by atoms with van der Waals surface area (Å²) < 4.78 is 0. The second-order valence-electron chi connectivity index (χ2n) is 3.63. The van der Waals surface area contributed by atoms with E-state index >= 15 is 0 Å². The average molecular weight is 191 g/mol. The van der Waals surface area contributed by atoms with Crippen molar-refractivity contribution in [1.82, 2.24) is 4.98 Å². The van der Waals surface area contributed by atoms with Crippen LogP contribution in [0.25, 0.3) is 0 Å². The van der Waals surface area contributed by atoms with E-state index < -0.39 is 0 Å². The largest absolute Gasteiger partial charge is 0.384 e. The van der Waals surface area contributed by atoms with Crippen LogP contribution in [0.1, 0.15) is 18.5 Å². The Bertz CT molecular complexity index is 372. The topological polar surface area (TPSA) is 68.0 Å². The van der Waals surface area contributed by atoms with Crippen LogP contribution in [0.15, 0.2) is 12.1 Å². The first-order chi connectivity index (χ1) is 6.66. The summed E-state index contributed by atoms with van der Waals surface area (Å²) in [6.45, 7) is 1.83. The van der Waals surface area contributed by atoms with Crippen molar-refractivity contribution in [2.75, 3.05) is 11.1 Å². The third kappa shape index (κ3) is 1.84. The first kappa shape index (κ1) is 8.99. The number of nitrogen functional groups attached to an aromatic ring is 1. The monoisotopic (exact) mass is 191 g/mol. The molecule has 1 aliphatic carbocycles. The normalized spacial score (nSPS) is 15.2. The Morgan fingerprint density at radius 1 is 1.57 bits per heavy atom. The van der Waals surface area contributed by atoms with Crippen LogP contribution in [0.5, 0.6) is 0 Å². The highest BCUT2D eigenvalue weighted by Crippen LogP contribution is 2.30. The molecule has 0 unspecified atom stereocenters. The minimum atomic E-state index is 0.0969. The Morgan fingerprint density at radius 3 is 2.86 bits per heavy atom. The SMILES string of the molecule is Cc1nc(N)ccc1NC(=O)C1CC1. The molecule has 1 heterocycles. The molecule has 0 atom stereocenters. The molecule has 0 spiro atoms. The number of nitrogens with one attached hydrogen (secondary N) is 1. The predicted octanol–water partition coefficient (Wildman–Crippen LogP) is 1.32. The Balaban J connectivity index is 2.11. The van der Waals surface area contributed by atoms with Crippen molar-refractivity contribution in [3.05, 3.63) is 17.8 Å². The zero-order valence-corrected chi connectivity index (χ0v) is 8.08. The van der Waals surface area contributed by atoms with E-state index in [-0.39, 0.29) is 11.8 Å². The first-order valence-electron chi connectivity index (χ1n) is 4.71. The van der Waals surface area contributed by atoms with Gasteiger partial charge in [-0.15, -0.1) is 0 Å². The molecule has 4 heteroatoms. The summed E-state index contributed by atoms with van der Waals surface area (Å²) in [4.78, 5) is 15.5. The molecule has 0 saturated heterocycles. The van der Waals surface area contributed by atoms with Crippen molar-refractivity contribution in [2.24, 2.45) is 5.92 Å². The molecular formula is C10H13N3O. The van der Waals surface area contributed by atoms with Crippen LogP contribution in [0.3, 0.4) is 0 Å². The number of rotatable bonds is 2. The number of aromatic nitrogens is 1. The fourth-order valence-electron chi connectivity index (χ4n) is 1.29. The molecule has 0 aliphatic heterocycles. The minimum Gasteiger partial charge on any atom is -0.384 e. The lowest BCUT2D eigenvalue weighted by molar-refractivity contribution is -0.117. The average Bonchev–Trinajstić information content (AvgIpc) is 2.92. The molecule has 1 fully saturated rings. The van der Waals surface area contributed by atoms with Gasteiger partial charge in [-0.25, -0.2) is 4.98 Å². The van der Waals surface area contributed by atoms with Crippen molar-refractivity contribution >= 4 is 17.4 Å². The summed E-state index contributed by atoms with van der Waals surface area (Å²) in [7, 11) is 0. The van der Waals surface area contributed by atoms with Gasteiger partial charge in [-0.2, -0.15) is 0 Å². The van der Waals surface area contributed by atoms with Gasteiger partial charge in [0.1, 0.15) is 5.82 Å². The molecular weight excluding hydrogens is 178 g/mol. The van der Waals surface area contributed by atoms with E-state index in [0.717, 1.165) is 24.2 Å². The molecule has 4 nitrogen and oxygen atoms in total. The molecule has 2 rings (SSSR count). The fraction of sp³-hybridized carbons (Fsp3) is 0.400. The van der Waals surface area contributed by atoms with E-state index in [2.05, 4.69) is 10.3 Å². The summed E-state index contributed by atoms with van der Waals surface area (Å²) in [5.41, 5.74) is 7.03. The number of carbonyl (C=O) groups is 1. The molecule has 14 heavy (non-hydrogen) atoms. The maximum Gasteiger partial charge on any atom is 0.227 e. The van der Waals surface area contributed by atoms with Crippen LogP contribution < -0.4 is 11.1 Å². The molecule has 1 aliphatic rings. The van der Waals surface area contributed by atoms with Crippen molar-refractivity contribution < 1.29 is 4.79 Å². The minimum absolute atomic E-state index is 0.0969. The van der Waals surface area contributed by atoms with Gasteiger partial charge in [0, 0.05) is 5.92 Å². The zero-order chi connectivity index (χ0) is 10.1. The number of hydrogen-bond acceptors (Lipinski definition) is 3. The molecule has 0 radical (unpaired) electrons. The number of amides is 1. The van der Waals surface area contributed by atoms with E-state index in [0.29, 0.717) is 5.82 Å². The smallest absolute Gasteiger partial charge is 0.227 e. The van der Waals surface area contributed by atoms with Crippen LogP contribution >= 0.6 is 0 Å². The Hall–Kier alpha value is -1.58. The number of pyridine rings is 1. The second kappa shape index (κ2) is 3.29. The first-order valence-corrected chi connectivity index (χ1v) is 4.71. The lowest BCUT2D eigenvalue weighted by Crippen LogP contribution is -2.14. The van der Waals surface area contributed by atoms with E-state index in [1.165, 1.54) is 0 Å². The van der Waals surface area contributed by atoms with Gasteiger partial charge in [-0.05, 0) is 31.9 Å². The van der Waals surface area contributed by atoms with Crippen molar-refractivity contribution in [3.8, 4) is 0 Å². The fourth-order valence-corrected chi connectivity index (χ4v) is 1.29. The van der Waals surface area contributed by atoms with E-state index in [9.17, 15) is 4.79 Å². The quantitative estimate of drug-likeness (QED) is 0.740. The number of carbonyl (C=O) groups excluding carboxylic acids is 1. The van der Waals surface area contributed by atoms with Crippen LogP contribution in [-0.2, 0) is 4.79 Å². The number of hydrogen-bond donors (Lipinski definition) is 2. The van der Waals surface area contributed by atoms with Gasteiger partial charge in [0.2, 0.25) is 5.91 Å². The van der Waals surface area contributed by atoms with Gasteiger partial charge in [0.15, 0.2) is 0 Å². The van der Waals surface area contributed by atoms with Crippen molar-refractivity contribution in [1.29, 1.82) is 0 Å². The standard InChI is InChI=1S/C10H13N3O/c1-6-8(4-5-9(11)12-6)13-10(14)7-2-3-7/h4-5,7H,2-3H2,1H3,(H2,11,12)(H,13,14). The van der Waals surface area contributed by atoms with Gasteiger partial charge in [-0.3, -0.25) is 4.79 Å². The van der Waals surface area contributed by atoms with Crippen LogP contribution in [0.2, 0.25) is 0 Å². The summed E-state index contributed by atoms with van der Waals surface area (Å²) in [6.07, 6.45) is 2.01. The van der Waals surface area contributed by atoms with E-state index in [1.807, 2.05) is 6.92 Å². The number of nitrogens with zero attached hydrogens (tertiary/aromatic N) is 1. The third-order valence-corrected chi connectivity index (χ3v) is 2.31. The van der Waals surface area contributed by atoms with Crippen molar-refractivity contribution in [2.45, 2.75) is 19.8 Å². The third-order valence-electron chi connectivity index (χ3n) is 2.31. The highest BCUT2D eigenvalue weighted by atomic mass is 16.2. The van der Waals surface area contributed by atoms with Gasteiger partial charge >= 0.3 is 0 Å². The number of aryl methyl sites for hydroxylation is 1. The van der Waals surface area contributed by atoms with Gasteiger partial charge < -0.3 is 11.1 Å². The highest BCUT2D eigenvalue weighted by molar-refractivity contribution is 5.94. The maximum absolute atomic E-state index is 11.4. The Labute approximate surface area is 82.5 Å². The van der Waals surface area contributed by atoms with Crippen LogP contribution in [0, 0.1) is 12.8 Å². The molecule has 74 valence electrons. The summed E-state index contributed by atoms with van der Waals surface area (Å²) in [5, 5.41) is 2.84. The molecule has 1 amide bonds. The summed E-state index contributed by atoms with van der Waals surface area (Å²) in [5.74, 6) is 0.790. The molecule has 1 aromatic heterocycles. The maximum atomic E-state index is 11.4. The summed E-state index contributed by atoms with van der Waals surface area (Å²) in [6, 6.07) is 3.48. The zero-order valence-electron chi connectivity index (χ0n) is 8.08. The van der Waals surface area contributed by atoms with Crippen LogP contribution in [0.4, 0.5) is 11.5 Å². The molecule has 0 bridgehead atoms. The molecule has 1 aromatic rings. The highest BCUT2D eigenvalue weighted by Gasteiger charge is 2.29. The molecule has 1 saturated carbocycles. The van der Waals surface area contributed by atoms with Crippen molar-refractivity contribution in [3.63, 3.8) is 0 Å². The summed E-state index contributed by atoms with van der Waals surface area (Å²) >= 11 is 0. The Kier molecular flexibility index (Phi) is 2.11. The second-order valence-corrected chi connectivity index (χ2v) is 3.63. The van der Waals surface area contributed by atoms with Gasteiger partial charge in [0.05, 0.1) is 11.4 Å². The van der Waals surface area contributed by atoms with Gasteiger partial charge in [0.25, 0.3) is 0 Å². The Morgan fingerprint density at radius 2 is 2.29 bits per heavy atom. The number of nitrogens with two attached hydrogens (primary N) is 1. The van der Waals surface area contributed by atoms with E-state index in [1.54, 1.807) is 12.1 Å². The lowest BCUT2D eigenvalue weighted by Gasteiger charge is -2.07. The molecule has 3 N–H and O–H groups in total. The lowest BCUT2D eigenvalue weighted by atomic mass is 10.3. The van der Waals surface area contributed by atoms with Gasteiger partial charge in [-0.1, -0.05) is 0 Å². The number of anilines is 2. The van der Waals surface area contributed by atoms with E-state index in [4.69, 9.17) is 5.73 Å². The predicted molar refractivity (Wildman–Crippen MR) is 54.7 cm³/mol.